The maximum Gasteiger partial charge on any atom is 0.0619 e. The molecule has 0 heterocycles. The van der Waals surface area contributed by atoms with Gasteiger partial charge in [0.05, 0.1) is 11.7 Å². The molecule has 2 fully saturated rings. The summed E-state index contributed by atoms with van der Waals surface area (Å²) in [6.07, 6.45) is 9.43. The lowest BCUT2D eigenvalue weighted by atomic mass is 9.67. The van der Waals surface area contributed by atoms with Gasteiger partial charge in [-0.05, 0) is 93.8 Å². The van der Waals surface area contributed by atoms with E-state index >= 15 is 0 Å². The Morgan fingerprint density at radius 1 is 0.520 bits per heavy atom. The zero-order valence-corrected chi connectivity index (χ0v) is 18.4. The van der Waals surface area contributed by atoms with Crippen molar-refractivity contribution in [3.63, 3.8) is 0 Å². The third kappa shape index (κ3) is 7.99. The van der Waals surface area contributed by atoms with Gasteiger partial charge in [0.25, 0.3) is 0 Å². The van der Waals surface area contributed by atoms with Gasteiger partial charge in [-0.1, -0.05) is 41.5 Å². The third-order valence-electron chi connectivity index (χ3n) is 6.87. The molecule has 0 saturated heterocycles. The molecule has 0 aromatic rings. The fraction of sp³-hybridized carbons (Fsp3) is 1.00. The highest BCUT2D eigenvalue weighted by Crippen LogP contribution is 2.42. The zero-order chi connectivity index (χ0) is 19.5. The quantitative estimate of drug-likeness (QED) is 0.589. The van der Waals surface area contributed by atoms with Crippen molar-refractivity contribution >= 4 is 0 Å². The highest BCUT2D eigenvalue weighted by atomic mass is 16.3. The van der Waals surface area contributed by atoms with Gasteiger partial charge in [-0.3, -0.25) is 0 Å². The maximum atomic E-state index is 9.93. The van der Waals surface area contributed by atoms with E-state index < -0.39 is 5.60 Å². The monoisotopic (exact) mass is 354 g/mol. The lowest BCUT2D eigenvalue weighted by Crippen LogP contribution is -2.36. The number of hydrogen-bond donors (Lipinski definition) is 2. The van der Waals surface area contributed by atoms with Crippen LogP contribution in [0.3, 0.4) is 0 Å². The van der Waals surface area contributed by atoms with Gasteiger partial charge in [-0.15, -0.1) is 0 Å². The minimum Gasteiger partial charge on any atom is -0.393 e. The highest BCUT2D eigenvalue weighted by Gasteiger charge is 2.35. The zero-order valence-electron chi connectivity index (χ0n) is 18.4. The molecule has 2 N–H and O–H groups in total. The van der Waals surface area contributed by atoms with Gasteiger partial charge in [0.2, 0.25) is 0 Å². The SMILES string of the molecule is CC(C)(C)C1CCC(C(C)(C)O)CC1.CC(C)(C)C1CCC(O)CC1. The van der Waals surface area contributed by atoms with Crippen molar-refractivity contribution in [2.75, 3.05) is 0 Å². The van der Waals surface area contributed by atoms with E-state index in [4.69, 9.17) is 0 Å². The lowest BCUT2D eigenvalue weighted by molar-refractivity contribution is -0.0150. The van der Waals surface area contributed by atoms with E-state index in [0.29, 0.717) is 16.7 Å². The molecular formula is C23H46O2. The predicted octanol–water partition coefficient (Wildman–Crippen LogP) is 6.19. The topological polar surface area (TPSA) is 40.5 Å². The first-order chi connectivity index (χ1) is 11.2. The van der Waals surface area contributed by atoms with Crippen LogP contribution in [0, 0.1) is 28.6 Å². The maximum absolute atomic E-state index is 9.93. The lowest BCUT2D eigenvalue weighted by Gasteiger charge is -2.40. The second kappa shape index (κ2) is 8.74. The number of rotatable bonds is 1. The number of aliphatic hydroxyl groups excluding tert-OH is 1. The van der Waals surface area contributed by atoms with E-state index in [1.807, 2.05) is 13.8 Å². The fourth-order valence-electron chi connectivity index (χ4n) is 4.61. The van der Waals surface area contributed by atoms with E-state index in [9.17, 15) is 10.2 Å². The Kier molecular flexibility index (Phi) is 8.03. The van der Waals surface area contributed by atoms with Crippen LogP contribution in [0.25, 0.3) is 0 Å². The molecule has 0 atom stereocenters. The average Bonchev–Trinajstić information content (AvgIpc) is 2.46. The van der Waals surface area contributed by atoms with Crippen molar-refractivity contribution < 1.29 is 10.2 Å². The highest BCUT2D eigenvalue weighted by molar-refractivity contribution is 4.86. The normalized spacial score (nSPS) is 31.9. The van der Waals surface area contributed by atoms with Crippen LogP contribution in [0.5, 0.6) is 0 Å². The Morgan fingerprint density at radius 2 is 0.800 bits per heavy atom. The second-order valence-corrected chi connectivity index (χ2v) is 11.4. The molecule has 0 unspecified atom stereocenters. The summed E-state index contributed by atoms with van der Waals surface area (Å²) >= 11 is 0. The standard InChI is InChI=1S/C13H26O.C10H20O/c1-12(2,3)10-6-8-11(9-7-10)13(4,5)14;1-10(2,3)8-4-6-9(11)7-5-8/h10-11,14H,6-9H2,1-5H3;8-9,11H,4-7H2,1-3H3. The van der Waals surface area contributed by atoms with Gasteiger partial charge < -0.3 is 10.2 Å². The molecule has 2 aliphatic carbocycles. The van der Waals surface area contributed by atoms with Crippen molar-refractivity contribution in [3.8, 4) is 0 Å². The van der Waals surface area contributed by atoms with Crippen LogP contribution in [-0.2, 0) is 0 Å². The van der Waals surface area contributed by atoms with Gasteiger partial charge >= 0.3 is 0 Å². The Labute approximate surface area is 157 Å². The third-order valence-corrected chi connectivity index (χ3v) is 6.87. The Balaban J connectivity index is 0.000000257. The largest absolute Gasteiger partial charge is 0.393 e. The summed E-state index contributed by atoms with van der Waals surface area (Å²) in [5, 5.41) is 19.2. The summed E-state index contributed by atoms with van der Waals surface area (Å²) in [6, 6.07) is 0. The molecule has 0 radical (unpaired) electrons. The first-order valence-electron chi connectivity index (χ1n) is 10.6. The fourth-order valence-corrected chi connectivity index (χ4v) is 4.61. The summed E-state index contributed by atoms with van der Waals surface area (Å²) in [7, 11) is 0. The first-order valence-corrected chi connectivity index (χ1v) is 10.6. The molecule has 0 aromatic heterocycles. The summed E-state index contributed by atoms with van der Waals surface area (Å²) in [4.78, 5) is 0. The molecule has 150 valence electrons. The van der Waals surface area contributed by atoms with Gasteiger partial charge in [0.1, 0.15) is 0 Å². The number of aliphatic hydroxyl groups is 2. The summed E-state index contributed by atoms with van der Waals surface area (Å²) < 4.78 is 0. The van der Waals surface area contributed by atoms with E-state index in [1.165, 1.54) is 38.5 Å². The van der Waals surface area contributed by atoms with E-state index in [1.54, 1.807) is 0 Å². The Morgan fingerprint density at radius 3 is 1.08 bits per heavy atom. The van der Waals surface area contributed by atoms with Gasteiger partial charge in [0.15, 0.2) is 0 Å². The van der Waals surface area contributed by atoms with Crippen molar-refractivity contribution in [1.29, 1.82) is 0 Å². The molecule has 2 nitrogen and oxygen atoms in total. The van der Waals surface area contributed by atoms with Crippen LogP contribution in [0.4, 0.5) is 0 Å². The van der Waals surface area contributed by atoms with Crippen LogP contribution in [0.15, 0.2) is 0 Å². The molecular weight excluding hydrogens is 308 g/mol. The number of hydrogen-bond acceptors (Lipinski definition) is 2. The molecule has 25 heavy (non-hydrogen) atoms. The second-order valence-electron chi connectivity index (χ2n) is 11.4. The van der Waals surface area contributed by atoms with Crippen LogP contribution in [0.2, 0.25) is 0 Å². The minimum absolute atomic E-state index is 0.00593. The van der Waals surface area contributed by atoms with Crippen LogP contribution in [-0.4, -0.2) is 21.9 Å². The summed E-state index contributed by atoms with van der Waals surface area (Å²) in [6.45, 7) is 17.8. The van der Waals surface area contributed by atoms with Crippen molar-refractivity contribution in [1.82, 2.24) is 0 Å². The molecule has 0 bridgehead atoms. The molecule has 2 rings (SSSR count). The van der Waals surface area contributed by atoms with Gasteiger partial charge in [-0.25, -0.2) is 0 Å². The smallest absolute Gasteiger partial charge is 0.0619 e. The molecule has 2 heteroatoms. The van der Waals surface area contributed by atoms with Crippen molar-refractivity contribution in [3.05, 3.63) is 0 Å². The molecule has 0 spiro atoms. The predicted molar refractivity (Wildman–Crippen MR) is 109 cm³/mol. The molecule has 2 aliphatic rings. The summed E-state index contributed by atoms with van der Waals surface area (Å²) in [5.41, 5.74) is 0.424. The first kappa shape index (κ1) is 23.0. The minimum atomic E-state index is -0.469. The van der Waals surface area contributed by atoms with Crippen molar-refractivity contribution in [2.45, 2.75) is 118 Å². The molecule has 0 amide bonds. The van der Waals surface area contributed by atoms with E-state index in [0.717, 1.165) is 24.7 Å². The Hall–Kier alpha value is -0.0800. The Bertz CT molecular complexity index is 342. The van der Waals surface area contributed by atoms with Crippen molar-refractivity contribution in [2.24, 2.45) is 28.6 Å². The summed E-state index contributed by atoms with van der Waals surface area (Å²) in [5.74, 6) is 2.19. The molecule has 0 aromatic carbocycles. The van der Waals surface area contributed by atoms with E-state index in [-0.39, 0.29) is 6.10 Å². The van der Waals surface area contributed by atoms with E-state index in [2.05, 4.69) is 41.5 Å². The molecule has 0 aliphatic heterocycles. The van der Waals surface area contributed by atoms with Crippen LogP contribution >= 0.6 is 0 Å². The van der Waals surface area contributed by atoms with Gasteiger partial charge in [-0.2, -0.15) is 0 Å². The van der Waals surface area contributed by atoms with Crippen LogP contribution < -0.4 is 0 Å². The van der Waals surface area contributed by atoms with Gasteiger partial charge in [0, 0.05) is 0 Å². The molecule has 2 saturated carbocycles. The average molecular weight is 355 g/mol. The van der Waals surface area contributed by atoms with Crippen LogP contribution in [0.1, 0.15) is 107 Å².